The van der Waals surface area contributed by atoms with Crippen LogP contribution in [0.5, 0.6) is 0 Å². The molecule has 0 saturated carbocycles. The molecule has 12 heavy (non-hydrogen) atoms. The van der Waals surface area contributed by atoms with Crippen LogP contribution in [0, 0.1) is 0 Å². The van der Waals surface area contributed by atoms with Crippen molar-refractivity contribution in [2.24, 2.45) is 0 Å². The SMILES string of the molecule is OB(O)[C@@H]1CNc2nccn2C1. The number of aromatic nitrogens is 2. The topological polar surface area (TPSA) is 70.3 Å². The third-order valence-electron chi connectivity index (χ3n) is 2.09. The van der Waals surface area contributed by atoms with Gasteiger partial charge in [0.25, 0.3) is 0 Å². The summed E-state index contributed by atoms with van der Waals surface area (Å²) in [5.74, 6) is 0.651. The van der Waals surface area contributed by atoms with E-state index >= 15 is 0 Å². The predicted octanol–water partition coefficient (Wildman–Crippen LogP) is -0.848. The third kappa shape index (κ3) is 1.19. The normalized spacial score (nSPS) is 21.3. The fourth-order valence-electron chi connectivity index (χ4n) is 1.36. The van der Waals surface area contributed by atoms with Crippen LogP contribution in [-0.4, -0.2) is 33.3 Å². The second-order valence-corrected chi connectivity index (χ2v) is 2.96. The van der Waals surface area contributed by atoms with Crippen LogP contribution in [0.3, 0.4) is 0 Å². The van der Waals surface area contributed by atoms with Gasteiger partial charge >= 0.3 is 7.12 Å². The lowest BCUT2D eigenvalue weighted by Gasteiger charge is -2.23. The van der Waals surface area contributed by atoms with Gasteiger partial charge in [-0.15, -0.1) is 0 Å². The van der Waals surface area contributed by atoms with Gasteiger partial charge in [0.15, 0.2) is 0 Å². The molecule has 1 aliphatic heterocycles. The number of anilines is 1. The molecule has 0 radical (unpaired) electrons. The van der Waals surface area contributed by atoms with Gasteiger partial charge in [-0.1, -0.05) is 0 Å². The van der Waals surface area contributed by atoms with E-state index in [1.165, 1.54) is 0 Å². The molecule has 0 unspecified atom stereocenters. The summed E-state index contributed by atoms with van der Waals surface area (Å²) < 4.78 is 1.87. The van der Waals surface area contributed by atoms with Crippen molar-refractivity contribution >= 4 is 13.1 Å². The van der Waals surface area contributed by atoms with Gasteiger partial charge in [-0.25, -0.2) is 4.98 Å². The Bertz CT molecular complexity index is 276. The summed E-state index contributed by atoms with van der Waals surface area (Å²) in [5.41, 5.74) is 0. The van der Waals surface area contributed by atoms with Crippen molar-refractivity contribution in [3.63, 3.8) is 0 Å². The van der Waals surface area contributed by atoms with Crippen molar-refractivity contribution in [3.8, 4) is 0 Å². The van der Waals surface area contributed by atoms with Crippen LogP contribution in [-0.2, 0) is 6.54 Å². The number of rotatable bonds is 1. The van der Waals surface area contributed by atoms with Crippen molar-refractivity contribution in [2.75, 3.05) is 11.9 Å². The molecular formula is C6H10BN3O2. The average molecular weight is 167 g/mol. The molecule has 3 N–H and O–H groups in total. The molecular weight excluding hydrogens is 157 g/mol. The standard InChI is InChI=1S/C6H10BN3O2/c11-7(12)5-3-9-6-8-1-2-10(6)4-5/h1-2,5,11-12H,3-4H2,(H,8,9)/t5-/m1/s1. The minimum Gasteiger partial charge on any atom is -0.427 e. The molecule has 0 amide bonds. The highest BCUT2D eigenvalue weighted by Crippen LogP contribution is 2.19. The molecule has 0 fully saturated rings. The Morgan fingerprint density at radius 2 is 2.50 bits per heavy atom. The molecule has 0 bridgehead atoms. The summed E-state index contributed by atoms with van der Waals surface area (Å²) in [6, 6.07) is 0. The number of imidazole rings is 1. The van der Waals surface area contributed by atoms with E-state index in [2.05, 4.69) is 10.3 Å². The quantitative estimate of drug-likeness (QED) is 0.476. The first-order valence-electron chi connectivity index (χ1n) is 3.88. The van der Waals surface area contributed by atoms with E-state index < -0.39 is 7.12 Å². The zero-order chi connectivity index (χ0) is 8.55. The van der Waals surface area contributed by atoms with Crippen molar-refractivity contribution in [2.45, 2.75) is 12.4 Å². The van der Waals surface area contributed by atoms with Crippen LogP contribution in [0.1, 0.15) is 0 Å². The maximum Gasteiger partial charge on any atom is 0.458 e. The highest BCUT2D eigenvalue weighted by Gasteiger charge is 2.27. The molecule has 2 heterocycles. The van der Waals surface area contributed by atoms with Crippen LogP contribution < -0.4 is 5.32 Å². The van der Waals surface area contributed by atoms with E-state index in [9.17, 15) is 0 Å². The minimum absolute atomic E-state index is 0.147. The first-order chi connectivity index (χ1) is 5.77. The van der Waals surface area contributed by atoms with Gasteiger partial charge in [-0.3, -0.25) is 0 Å². The monoisotopic (exact) mass is 167 g/mol. The number of fused-ring (bicyclic) bond motifs is 1. The van der Waals surface area contributed by atoms with Crippen LogP contribution >= 0.6 is 0 Å². The average Bonchev–Trinajstić information content (AvgIpc) is 2.49. The Morgan fingerprint density at radius 3 is 3.25 bits per heavy atom. The minimum atomic E-state index is -1.26. The number of nitrogens with one attached hydrogen (secondary N) is 1. The lowest BCUT2D eigenvalue weighted by molar-refractivity contribution is 0.372. The molecule has 64 valence electrons. The molecule has 0 saturated heterocycles. The van der Waals surface area contributed by atoms with Crippen molar-refractivity contribution in [1.82, 2.24) is 9.55 Å². The third-order valence-corrected chi connectivity index (χ3v) is 2.09. The first-order valence-corrected chi connectivity index (χ1v) is 3.88. The Kier molecular flexibility index (Phi) is 1.78. The fourth-order valence-corrected chi connectivity index (χ4v) is 1.36. The predicted molar refractivity (Wildman–Crippen MR) is 44.7 cm³/mol. The summed E-state index contributed by atoms with van der Waals surface area (Å²) in [6.45, 7) is 1.18. The largest absolute Gasteiger partial charge is 0.458 e. The Labute approximate surface area is 70.2 Å². The van der Waals surface area contributed by atoms with Crippen molar-refractivity contribution in [3.05, 3.63) is 12.4 Å². The van der Waals surface area contributed by atoms with Gasteiger partial charge in [0.1, 0.15) is 0 Å². The van der Waals surface area contributed by atoms with E-state index in [-0.39, 0.29) is 5.82 Å². The Balaban J connectivity index is 2.15. The summed E-state index contributed by atoms with van der Waals surface area (Å²) in [7, 11) is -1.26. The summed E-state index contributed by atoms with van der Waals surface area (Å²) >= 11 is 0. The van der Waals surface area contributed by atoms with E-state index in [1.807, 2.05) is 10.8 Å². The molecule has 0 aliphatic carbocycles. The van der Waals surface area contributed by atoms with Crippen LogP contribution in [0.25, 0.3) is 0 Å². The fraction of sp³-hybridized carbons (Fsp3) is 0.500. The van der Waals surface area contributed by atoms with Crippen LogP contribution in [0.15, 0.2) is 12.4 Å². The molecule has 5 nitrogen and oxygen atoms in total. The summed E-state index contributed by atoms with van der Waals surface area (Å²) in [5, 5.41) is 20.8. The van der Waals surface area contributed by atoms with Gasteiger partial charge in [0, 0.05) is 31.3 Å². The summed E-state index contributed by atoms with van der Waals surface area (Å²) in [6.07, 6.45) is 3.51. The lowest BCUT2D eigenvalue weighted by Crippen LogP contribution is -2.34. The zero-order valence-electron chi connectivity index (χ0n) is 6.51. The van der Waals surface area contributed by atoms with E-state index in [4.69, 9.17) is 10.0 Å². The molecule has 1 aromatic rings. The number of hydrogen-bond donors (Lipinski definition) is 3. The van der Waals surface area contributed by atoms with Gasteiger partial charge in [0.2, 0.25) is 5.95 Å². The molecule has 1 aliphatic rings. The number of nitrogens with zero attached hydrogens (tertiary/aromatic N) is 2. The highest BCUT2D eigenvalue weighted by molar-refractivity contribution is 6.43. The maximum absolute atomic E-state index is 8.92. The second kappa shape index (κ2) is 2.80. The van der Waals surface area contributed by atoms with E-state index in [1.54, 1.807) is 6.20 Å². The van der Waals surface area contributed by atoms with E-state index in [0.717, 1.165) is 5.95 Å². The van der Waals surface area contributed by atoms with Gasteiger partial charge in [-0.05, 0) is 0 Å². The highest BCUT2D eigenvalue weighted by atomic mass is 16.4. The smallest absolute Gasteiger partial charge is 0.427 e. The van der Waals surface area contributed by atoms with Crippen molar-refractivity contribution < 1.29 is 10.0 Å². The molecule has 0 spiro atoms. The van der Waals surface area contributed by atoms with Crippen molar-refractivity contribution in [1.29, 1.82) is 0 Å². The first kappa shape index (κ1) is 7.63. The van der Waals surface area contributed by atoms with Gasteiger partial charge in [0.05, 0.1) is 0 Å². The Morgan fingerprint density at radius 1 is 1.67 bits per heavy atom. The Hall–Kier alpha value is -1.01. The van der Waals surface area contributed by atoms with Crippen LogP contribution in [0.2, 0.25) is 5.82 Å². The lowest BCUT2D eigenvalue weighted by atomic mass is 9.72. The molecule has 6 heteroatoms. The van der Waals surface area contributed by atoms with Crippen LogP contribution in [0.4, 0.5) is 5.95 Å². The maximum atomic E-state index is 8.92. The van der Waals surface area contributed by atoms with Gasteiger partial charge in [-0.2, -0.15) is 0 Å². The van der Waals surface area contributed by atoms with E-state index in [0.29, 0.717) is 13.1 Å². The molecule has 1 atom stereocenters. The zero-order valence-corrected chi connectivity index (χ0v) is 6.51. The number of hydrogen-bond acceptors (Lipinski definition) is 4. The molecule has 1 aromatic heterocycles. The molecule has 0 aromatic carbocycles. The second-order valence-electron chi connectivity index (χ2n) is 2.96. The molecule has 2 rings (SSSR count). The summed E-state index contributed by atoms with van der Waals surface area (Å²) in [4.78, 5) is 4.04. The van der Waals surface area contributed by atoms with Gasteiger partial charge < -0.3 is 19.9 Å².